The van der Waals surface area contributed by atoms with Crippen molar-refractivity contribution in [1.82, 2.24) is 4.98 Å². The minimum atomic E-state index is -1.59. The van der Waals surface area contributed by atoms with Crippen LogP contribution < -0.4 is 5.32 Å². The summed E-state index contributed by atoms with van der Waals surface area (Å²) in [6.07, 6.45) is -3.85. The van der Waals surface area contributed by atoms with E-state index >= 15 is 0 Å². The summed E-state index contributed by atoms with van der Waals surface area (Å²) in [6, 6.07) is 8.19. The van der Waals surface area contributed by atoms with E-state index in [1.807, 2.05) is 12.1 Å². The molecule has 0 unspecified atom stereocenters. The highest BCUT2D eigenvalue weighted by molar-refractivity contribution is 5.89. The molecule has 0 aliphatic carbocycles. The van der Waals surface area contributed by atoms with Gasteiger partial charge in [0.05, 0.1) is 37.8 Å². The second-order valence-electron chi connectivity index (χ2n) is 10.0. The number of carbonyl (C=O) groups excluding carboxylic acids is 1. The zero-order valence-corrected chi connectivity index (χ0v) is 21.1. The van der Waals surface area contributed by atoms with Crippen LogP contribution in [0.3, 0.4) is 0 Å². The number of fused-ring (bicyclic) bond motifs is 3. The zero-order chi connectivity index (χ0) is 27.0. The fourth-order valence-corrected chi connectivity index (χ4v) is 5.87. The van der Waals surface area contributed by atoms with Gasteiger partial charge in [-0.1, -0.05) is 24.3 Å². The number of nitrogens with two attached hydrogens (primary N) is 1. The Morgan fingerprint density at radius 3 is 2.74 bits per heavy atom. The third-order valence-electron chi connectivity index (χ3n) is 7.89. The highest BCUT2D eigenvalue weighted by Gasteiger charge is 2.48. The van der Waals surface area contributed by atoms with Crippen molar-refractivity contribution in [2.45, 2.75) is 55.9 Å². The summed E-state index contributed by atoms with van der Waals surface area (Å²) in [4.78, 5) is 16.3. The molecule has 11 nitrogen and oxygen atoms in total. The molecule has 1 aromatic heterocycles. The Hall–Kier alpha value is -2.77. The molecule has 0 spiro atoms. The molecule has 9 atom stereocenters. The highest BCUT2D eigenvalue weighted by Crippen LogP contribution is 2.40. The van der Waals surface area contributed by atoms with Crippen molar-refractivity contribution in [3.63, 3.8) is 0 Å². The first-order chi connectivity index (χ1) is 18.4. The predicted molar refractivity (Wildman–Crippen MR) is 133 cm³/mol. The number of hydrogen-bond acceptors (Lipinski definition) is 9. The quantitative estimate of drug-likeness (QED) is 0.201. The first-order valence-electron chi connectivity index (χ1n) is 12.8. The van der Waals surface area contributed by atoms with Crippen LogP contribution in [-0.2, 0) is 30.2 Å². The van der Waals surface area contributed by atoms with Crippen LogP contribution >= 0.6 is 0 Å². The Kier molecular flexibility index (Phi) is 7.87. The molecule has 4 heterocycles. The molecule has 3 aliphatic rings. The number of hydrogen-bond donors (Lipinski definition) is 6. The van der Waals surface area contributed by atoms with Crippen molar-refractivity contribution in [3.05, 3.63) is 60.0 Å². The van der Waals surface area contributed by atoms with Crippen molar-refractivity contribution >= 4 is 16.9 Å². The number of aromatic nitrogens is 1. The predicted octanol–water partition coefficient (Wildman–Crippen LogP) is -0.633. The molecule has 3 aliphatic heterocycles. The van der Waals surface area contributed by atoms with E-state index in [4.69, 9.17) is 18.9 Å². The Morgan fingerprint density at radius 1 is 1.21 bits per heavy atom. The topological polar surface area (TPSA) is 167 Å². The minimum Gasteiger partial charge on any atom is -0.471 e. The van der Waals surface area contributed by atoms with E-state index < -0.39 is 61.4 Å². The van der Waals surface area contributed by atoms with Crippen molar-refractivity contribution < 1.29 is 49.5 Å². The van der Waals surface area contributed by atoms with Gasteiger partial charge in [0, 0.05) is 35.6 Å². The number of carbonyl (C=O) groups is 1. The molecular formula is C27H35N2O9+. The highest BCUT2D eigenvalue weighted by atomic mass is 16.8. The lowest BCUT2D eigenvalue weighted by atomic mass is 9.78. The third kappa shape index (κ3) is 4.75. The Morgan fingerprint density at radius 2 is 2.00 bits per heavy atom. The number of aromatic amines is 1. The van der Waals surface area contributed by atoms with E-state index in [2.05, 4.69) is 29.0 Å². The van der Waals surface area contributed by atoms with E-state index in [9.17, 15) is 25.2 Å². The van der Waals surface area contributed by atoms with Crippen LogP contribution in [-0.4, -0.2) is 88.6 Å². The maximum atomic E-state index is 12.8. The third-order valence-corrected chi connectivity index (χ3v) is 7.89. The number of rotatable bonds is 7. The number of methoxy groups -OCH3 is 1. The van der Waals surface area contributed by atoms with Gasteiger partial charge in [-0.15, -0.1) is 6.58 Å². The SMILES string of the molecule is C=C[C@H]1[C@H](O[C@H]2O[C@@H](CO)[C@H](O)[C@@H](O)[C@@H]2O)OC=C(C(=O)OC)[C@H]1C[C@@H]1[NH2+]CCc2c1[nH]c1ccccc21. The molecular weight excluding hydrogens is 496 g/mol. The van der Waals surface area contributed by atoms with E-state index in [0.29, 0.717) is 12.0 Å². The number of quaternary nitrogens is 1. The molecule has 5 rings (SSSR count). The number of aliphatic hydroxyl groups excluding tert-OH is 4. The molecule has 1 saturated heterocycles. The lowest BCUT2D eigenvalue weighted by Crippen LogP contribution is -2.87. The maximum absolute atomic E-state index is 12.8. The molecule has 2 aromatic rings. The largest absolute Gasteiger partial charge is 0.471 e. The van der Waals surface area contributed by atoms with Gasteiger partial charge in [0.1, 0.15) is 30.5 Å². The van der Waals surface area contributed by atoms with Crippen LogP contribution in [0.25, 0.3) is 10.9 Å². The van der Waals surface area contributed by atoms with Crippen LogP contribution in [0.15, 0.2) is 48.8 Å². The second-order valence-corrected chi connectivity index (χ2v) is 10.0. The van der Waals surface area contributed by atoms with Crippen LogP contribution in [0, 0.1) is 11.8 Å². The summed E-state index contributed by atoms with van der Waals surface area (Å²) in [5, 5.41) is 43.7. The standard InChI is InChI=1S/C27H34N2O9/c1-3-13-16(10-19-21-15(8-9-28-19)14-6-4-5-7-18(14)29-21)17(25(34)35-2)12-36-26(13)38-27-24(33)23(32)22(31)20(11-30)37-27/h3-7,12-13,16,19-20,22-24,26-33H,1,8-11H2,2H3/p+1/t13-,16+,19+,20+,22+,23-,24+,26+,27-/m1/s1. The number of H-pyrrole nitrogens is 1. The lowest BCUT2D eigenvalue weighted by Gasteiger charge is -2.43. The van der Waals surface area contributed by atoms with Crippen molar-refractivity contribution in [3.8, 4) is 0 Å². The molecule has 11 heteroatoms. The minimum absolute atomic E-state index is 0.0117. The molecule has 0 radical (unpaired) electrons. The summed E-state index contributed by atoms with van der Waals surface area (Å²) in [5.41, 5.74) is 3.79. The molecule has 0 amide bonds. The van der Waals surface area contributed by atoms with Crippen LogP contribution in [0.4, 0.5) is 0 Å². The van der Waals surface area contributed by atoms with Gasteiger partial charge in [-0.05, 0) is 11.6 Å². The summed E-state index contributed by atoms with van der Waals surface area (Å²) in [6.45, 7) is 4.27. The molecule has 7 N–H and O–H groups in total. The normalized spacial score (nSPS) is 35.2. The Labute approximate surface area is 219 Å². The molecule has 1 aromatic carbocycles. The monoisotopic (exact) mass is 531 g/mol. The average molecular weight is 532 g/mol. The average Bonchev–Trinajstić information content (AvgIpc) is 3.33. The first kappa shape index (κ1) is 26.8. The fourth-order valence-electron chi connectivity index (χ4n) is 5.87. The van der Waals surface area contributed by atoms with Gasteiger partial charge in [0.25, 0.3) is 0 Å². The van der Waals surface area contributed by atoms with Crippen LogP contribution in [0.2, 0.25) is 0 Å². The summed E-state index contributed by atoms with van der Waals surface area (Å²) >= 11 is 0. The smallest absolute Gasteiger partial charge is 0.337 e. The molecule has 0 saturated carbocycles. The van der Waals surface area contributed by atoms with Gasteiger partial charge in [0.2, 0.25) is 6.29 Å². The Bertz CT molecular complexity index is 1190. The fraction of sp³-hybridized carbons (Fsp3) is 0.519. The summed E-state index contributed by atoms with van der Waals surface area (Å²) < 4.78 is 22.3. The Balaban J connectivity index is 1.43. The van der Waals surface area contributed by atoms with E-state index in [0.717, 1.165) is 24.2 Å². The zero-order valence-electron chi connectivity index (χ0n) is 21.1. The number of ether oxygens (including phenoxy) is 4. The number of aliphatic hydroxyl groups is 4. The maximum Gasteiger partial charge on any atom is 0.337 e. The number of nitrogens with one attached hydrogen (secondary N) is 1. The molecule has 0 bridgehead atoms. The van der Waals surface area contributed by atoms with Gasteiger partial charge in [-0.25, -0.2) is 4.79 Å². The van der Waals surface area contributed by atoms with Crippen molar-refractivity contribution in [1.29, 1.82) is 0 Å². The van der Waals surface area contributed by atoms with Crippen LogP contribution in [0.1, 0.15) is 23.7 Å². The van der Waals surface area contributed by atoms with Gasteiger partial charge >= 0.3 is 5.97 Å². The number of benzene rings is 1. The van der Waals surface area contributed by atoms with E-state index in [1.54, 1.807) is 6.08 Å². The summed E-state index contributed by atoms with van der Waals surface area (Å²) in [5.74, 6) is -1.49. The first-order valence-corrected chi connectivity index (χ1v) is 12.8. The van der Waals surface area contributed by atoms with E-state index in [1.165, 1.54) is 24.3 Å². The molecule has 206 valence electrons. The van der Waals surface area contributed by atoms with Gasteiger partial charge in [-0.3, -0.25) is 0 Å². The van der Waals surface area contributed by atoms with E-state index in [-0.39, 0.29) is 6.04 Å². The number of para-hydroxylation sites is 1. The number of esters is 1. The van der Waals surface area contributed by atoms with Crippen molar-refractivity contribution in [2.75, 3.05) is 20.3 Å². The molecule has 1 fully saturated rings. The lowest BCUT2D eigenvalue weighted by molar-refractivity contribution is -0.701. The van der Waals surface area contributed by atoms with Gasteiger partial charge in [0.15, 0.2) is 6.29 Å². The van der Waals surface area contributed by atoms with Crippen LogP contribution in [0.5, 0.6) is 0 Å². The molecule has 38 heavy (non-hydrogen) atoms. The summed E-state index contributed by atoms with van der Waals surface area (Å²) in [7, 11) is 1.31. The van der Waals surface area contributed by atoms with Gasteiger partial charge in [-0.2, -0.15) is 0 Å². The second kappa shape index (κ2) is 11.1. The van der Waals surface area contributed by atoms with Gasteiger partial charge < -0.3 is 49.7 Å². The van der Waals surface area contributed by atoms with Crippen molar-refractivity contribution in [2.24, 2.45) is 11.8 Å².